The molecule has 1 amide bonds. The van der Waals surface area contributed by atoms with Gasteiger partial charge in [0.15, 0.2) is 11.9 Å². The number of aliphatic carboxylic acids is 1. The summed E-state index contributed by atoms with van der Waals surface area (Å²) in [5, 5.41) is 31.3. The lowest BCUT2D eigenvalue weighted by atomic mass is 10.2. The Morgan fingerprint density at radius 1 is 1.48 bits per heavy atom. The second kappa shape index (κ2) is 6.61. The molecule has 10 nitrogen and oxygen atoms in total. The van der Waals surface area contributed by atoms with Crippen LogP contribution in [0.4, 0.5) is 0 Å². The van der Waals surface area contributed by atoms with E-state index in [1.807, 2.05) is 0 Å². The molecule has 0 fully saturated rings. The van der Waals surface area contributed by atoms with E-state index in [2.05, 4.69) is 20.7 Å². The summed E-state index contributed by atoms with van der Waals surface area (Å²) in [6.07, 6.45) is -0.111. The summed E-state index contributed by atoms with van der Waals surface area (Å²) in [4.78, 5) is 23.0. The number of amides is 1. The average Bonchev–Trinajstić information content (AvgIpc) is 3.08. The lowest BCUT2D eigenvalue weighted by molar-refractivity contribution is -0.147. The standard InChI is InChI=1S/C11H13N5O5/c17-7(11(19)20)3-4-12-9(18)6-16-14-10(13-15-16)8-2-1-5-21-8/h1-2,5,7,17H,3-4,6H2,(H,12,18)(H,19,20)/t7-/m0/s1. The Kier molecular flexibility index (Phi) is 4.61. The Morgan fingerprint density at radius 3 is 2.95 bits per heavy atom. The largest absolute Gasteiger partial charge is 0.479 e. The van der Waals surface area contributed by atoms with Crippen LogP contribution in [0.3, 0.4) is 0 Å². The van der Waals surface area contributed by atoms with Gasteiger partial charge in [-0.1, -0.05) is 0 Å². The first-order valence-corrected chi connectivity index (χ1v) is 6.05. The maximum atomic E-state index is 11.6. The molecule has 0 aromatic carbocycles. The molecular formula is C11H13N5O5. The zero-order valence-corrected chi connectivity index (χ0v) is 10.8. The molecule has 0 aliphatic heterocycles. The summed E-state index contributed by atoms with van der Waals surface area (Å²) in [6, 6.07) is 3.34. The fraction of sp³-hybridized carbons (Fsp3) is 0.364. The minimum atomic E-state index is -1.50. The third kappa shape index (κ3) is 4.11. The van der Waals surface area contributed by atoms with Crippen molar-refractivity contribution in [1.29, 1.82) is 0 Å². The zero-order chi connectivity index (χ0) is 15.2. The predicted molar refractivity (Wildman–Crippen MR) is 66.8 cm³/mol. The molecule has 0 spiro atoms. The monoisotopic (exact) mass is 295 g/mol. The fourth-order valence-corrected chi connectivity index (χ4v) is 1.47. The Labute approximate surface area is 118 Å². The molecule has 2 rings (SSSR count). The highest BCUT2D eigenvalue weighted by Gasteiger charge is 2.14. The highest BCUT2D eigenvalue weighted by molar-refractivity contribution is 5.75. The molecule has 0 radical (unpaired) electrons. The maximum absolute atomic E-state index is 11.6. The van der Waals surface area contributed by atoms with Crippen LogP contribution in [0.1, 0.15) is 6.42 Å². The van der Waals surface area contributed by atoms with Gasteiger partial charge in [0.25, 0.3) is 0 Å². The SMILES string of the molecule is O=C(Cn1nnc(-c2ccco2)n1)NCC[C@H](O)C(=O)O. The molecule has 3 N–H and O–H groups in total. The van der Waals surface area contributed by atoms with Gasteiger partial charge in [-0.2, -0.15) is 4.80 Å². The number of aliphatic hydroxyl groups excluding tert-OH is 1. The van der Waals surface area contributed by atoms with Crippen LogP contribution in [0.5, 0.6) is 0 Å². The van der Waals surface area contributed by atoms with Crippen LogP contribution in [0.2, 0.25) is 0 Å². The van der Waals surface area contributed by atoms with Crippen molar-refractivity contribution in [2.75, 3.05) is 6.54 Å². The second-order valence-electron chi connectivity index (χ2n) is 4.11. The zero-order valence-electron chi connectivity index (χ0n) is 10.8. The number of hydrogen-bond acceptors (Lipinski definition) is 7. The Bertz CT molecular complexity index is 608. The summed E-state index contributed by atoms with van der Waals surface area (Å²) in [6.45, 7) is -0.136. The smallest absolute Gasteiger partial charge is 0.332 e. The van der Waals surface area contributed by atoms with Crippen molar-refractivity contribution < 1.29 is 24.2 Å². The molecule has 0 unspecified atom stereocenters. The maximum Gasteiger partial charge on any atom is 0.332 e. The van der Waals surface area contributed by atoms with E-state index in [9.17, 15) is 9.59 Å². The second-order valence-corrected chi connectivity index (χ2v) is 4.11. The number of carboxylic acid groups (broad SMARTS) is 1. The molecule has 2 aromatic heterocycles. The lowest BCUT2D eigenvalue weighted by Gasteiger charge is -2.06. The first-order valence-electron chi connectivity index (χ1n) is 6.05. The number of tetrazole rings is 1. The Hall–Kier alpha value is -2.75. The van der Waals surface area contributed by atoms with Gasteiger partial charge in [0.05, 0.1) is 6.26 Å². The van der Waals surface area contributed by atoms with Crippen molar-refractivity contribution in [2.24, 2.45) is 0 Å². The number of nitrogens with zero attached hydrogens (tertiary/aromatic N) is 4. The van der Waals surface area contributed by atoms with Crippen LogP contribution in [0, 0.1) is 0 Å². The van der Waals surface area contributed by atoms with Crippen molar-refractivity contribution in [3.8, 4) is 11.6 Å². The number of nitrogens with one attached hydrogen (secondary N) is 1. The van der Waals surface area contributed by atoms with Crippen LogP contribution in [0.15, 0.2) is 22.8 Å². The van der Waals surface area contributed by atoms with Crippen molar-refractivity contribution >= 4 is 11.9 Å². The molecule has 1 atom stereocenters. The number of aliphatic hydroxyl groups is 1. The van der Waals surface area contributed by atoms with E-state index in [0.29, 0.717) is 5.76 Å². The molecule has 2 heterocycles. The Morgan fingerprint density at radius 2 is 2.29 bits per heavy atom. The molecule has 0 aliphatic rings. The van der Waals surface area contributed by atoms with Crippen LogP contribution < -0.4 is 5.32 Å². The van der Waals surface area contributed by atoms with Crippen molar-refractivity contribution in [3.63, 3.8) is 0 Å². The summed E-state index contributed by atoms with van der Waals surface area (Å²) < 4.78 is 5.09. The number of aromatic nitrogens is 4. The summed E-state index contributed by atoms with van der Waals surface area (Å²) in [7, 11) is 0. The average molecular weight is 295 g/mol. The van der Waals surface area contributed by atoms with Gasteiger partial charge in [-0.05, 0) is 17.3 Å². The number of furan rings is 1. The van der Waals surface area contributed by atoms with Crippen LogP contribution in [0.25, 0.3) is 11.6 Å². The van der Waals surface area contributed by atoms with Gasteiger partial charge >= 0.3 is 5.97 Å². The van der Waals surface area contributed by atoms with Crippen LogP contribution in [-0.4, -0.2) is 54.9 Å². The van der Waals surface area contributed by atoms with E-state index in [1.165, 1.54) is 6.26 Å². The van der Waals surface area contributed by atoms with Gasteiger partial charge in [0, 0.05) is 13.0 Å². The minimum Gasteiger partial charge on any atom is -0.479 e. The van der Waals surface area contributed by atoms with E-state index in [0.717, 1.165) is 4.80 Å². The van der Waals surface area contributed by atoms with Gasteiger partial charge in [0.1, 0.15) is 6.54 Å². The lowest BCUT2D eigenvalue weighted by Crippen LogP contribution is -2.32. The van der Waals surface area contributed by atoms with Gasteiger partial charge in [-0.15, -0.1) is 10.2 Å². The number of carbonyl (C=O) groups is 2. The van der Waals surface area contributed by atoms with E-state index >= 15 is 0 Å². The van der Waals surface area contributed by atoms with Crippen molar-refractivity contribution in [1.82, 2.24) is 25.5 Å². The summed E-state index contributed by atoms with van der Waals surface area (Å²) in [5.41, 5.74) is 0. The van der Waals surface area contributed by atoms with Gasteiger partial charge in [-0.25, -0.2) is 4.79 Å². The van der Waals surface area contributed by atoms with E-state index in [-0.39, 0.29) is 25.3 Å². The molecule has 0 saturated heterocycles. The van der Waals surface area contributed by atoms with Gasteiger partial charge < -0.3 is 19.9 Å². The molecule has 0 bridgehead atoms. The summed E-state index contributed by atoms with van der Waals surface area (Å²) in [5.74, 6) is -1.05. The van der Waals surface area contributed by atoms with Crippen molar-refractivity contribution in [2.45, 2.75) is 19.1 Å². The molecule has 112 valence electrons. The number of hydrogen-bond donors (Lipinski definition) is 3. The van der Waals surface area contributed by atoms with Crippen molar-refractivity contribution in [3.05, 3.63) is 18.4 Å². The number of carbonyl (C=O) groups excluding carboxylic acids is 1. The fourth-order valence-electron chi connectivity index (χ4n) is 1.47. The van der Waals surface area contributed by atoms with Gasteiger partial charge in [0.2, 0.25) is 11.7 Å². The van der Waals surface area contributed by atoms with Crippen LogP contribution >= 0.6 is 0 Å². The first-order chi connectivity index (χ1) is 10.1. The molecule has 2 aromatic rings. The molecular weight excluding hydrogens is 282 g/mol. The Balaban J connectivity index is 1.79. The first kappa shape index (κ1) is 14.7. The van der Waals surface area contributed by atoms with Gasteiger partial charge in [-0.3, -0.25) is 4.79 Å². The highest BCUT2D eigenvalue weighted by atomic mass is 16.4. The van der Waals surface area contributed by atoms with E-state index in [1.54, 1.807) is 12.1 Å². The minimum absolute atomic E-state index is 0.0338. The van der Waals surface area contributed by atoms with E-state index < -0.39 is 18.0 Å². The van der Waals surface area contributed by atoms with E-state index in [4.69, 9.17) is 14.6 Å². The predicted octanol–water partition coefficient (Wildman–Crippen LogP) is -1.12. The molecule has 21 heavy (non-hydrogen) atoms. The topological polar surface area (TPSA) is 143 Å². The summed E-state index contributed by atoms with van der Waals surface area (Å²) >= 11 is 0. The molecule has 10 heteroatoms. The quantitative estimate of drug-likeness (QED) is 0.583. The normalized spacial score (nSPS) is 12.0. The van der Waals surface area contributed by atoms with Crippen LogP contribution in [-0.2, 0) is 16.1 Å². The number of rotatable bonds is 7. The third-order valence-electron chi connectivity index (χ3n) is 2.50. The highest BCUT2D eigenvalue weighted by Crippen LogP contribution is 2.12. The molecule has 0 aliphatic carbocycles. The number of carboxylic acids is 1. The molecule has 0 saturated carbocycles. The third-order valence-corrected chi connectivity index (χ3v) is 2.50.